The molecule has 1 unspecified atom stereocenters. The van der Waals surface area contributed by atoms with E-state index in [9.17, 15) is 9.18 Å². The predicted octanol–water partition coefficient (Wildman–Crippen LogP) is 3.27. The van der Waals surface area contributed by atoms with Crippen LogP contribution in [-0.4, -0.2) is 22.1 Å². The molecule has 1 heterocycles. The van der Waals surface area contributed by atoms with Crippen molar-refractivity contribution in [3.63, 3.8) is 0 Å². The third kappa shape index (κ3) is 4.02. The zero-order valence-corrected chi connectivity index (χ0v) is 11.9. The number of nitrogens with zero attached hydrogens (tertiary/aromatic N) is 1. The van der Waals surface area contributed by atoms with E-state index in [1.165, 1.54) is 18.3 Å². The van der Waals surface area contributed by atoms with Crippen molar-refractivity contribution in [2.75, 3.05) is 5.32 Å². The van der Waals surface area contributed by atoms with Crippen LogP contribution in [-0.2, 0) is 6.42 Å². The fourth-order valence-electron chi connectivity index (χ4n) is 2.14. The smallest absolute Gasteiger partial charge is 0.339 e. The standard InChI is InChI=1S/C16H17FN2O2/c1-10-8-15(14(9-18-10)16(20)21)19-11(2)7-12-3-5-13(17)6-4-12/h3-6,8-9,11H,7H2,1-2H3,(H,18,19)(H,20,21). The average molecular weight is 288 g/mol. The Morgan fingerprint density at radius 2 is 2.05 bits per heavy atom. The monoisotopic (exact) mass is 288 g/mol. The summed E-state index contributed by atoms with van der Waals surface area (Å²) >= 11 is 0. The van der Waals surface area contributed by atoms with Crippen molar-refractivity contribution in [1.29, 1.82) is 0 Å². The molecular weight excluding hydrogens is 271 g/mol. The fourth-order valence-corrected chi connectivity index (χ4v) is 2.14. The number of carboxylic acids is 1. The lowest BCUT2D eigenvalue weighted by molar-refractivity contribution is 0.0697. The van der Waals surface area contributed by atoms with Crippen molar-refractivity contribution < 1.29 is 14.3 Å². The lowest BCUT2D eigenvalue weighted by atomic mass is 10.1. The quantitative estimate of drug-likeness (QED) is 0.886. The summed E-state index contributed by atoms with van der Waals surface area (Å²) in [5, 5.41) is 12.3. The normalized spacial score (nSPS) is 12.0. The van der Waals surface area contributed by atoms with E-state index in [0.29, 0.717) is 12.1 Å². The molecule has 2 N–H and O–H groups in total. The Bertz CT molecular complexity index is 641. The van der Waals surface area contributed by atoms with Gasteiger partial charge in [-0.15, -0.1) is 0 Å². The number of hydrogen-bond donors (Lipinski definition) is 2. The Labute approximate surface area is 122 Å². The van der Waals surface area contributed by atoms with Crippen molar-refractivity contribution in [1.82, 2.24) is 4.98 Å². The second-order valence-corrected chi connectivity index (χ2v) is 5.05. The number of pyridine rings is 1. The minimum Gasteiger partial charge on any atom is -0.478 e. The molecule has 2 aromatic rings. The number of nitrogens with one attached hydrogen (secondary N) is 1. The molecule has 1 atom stereocenters. The van der Waals surface area contributed by atoms with Gasteiger partial charge in [0.25, 0.3) is 0 Å². The molecule has 1 aromatic heterocycles. The van der Waals surface area contributed by atoms with Crippen LogP contribution in [0.25, 0.3) is 0 Å². The summed E-state index contributed by atoms with van der Waals surface area (Å²) in [6.07, 6.45) is 2.02. The maximum Gasteiger partial charge on any atom is 0.339 e. The van der Waals surface area contributed by atoms with Crippen molar-refractivity contribution in [3.8, 4) is 0 Å². The van der Waals surface area contributed by atoms with Crippen LogP contribution in [0.2, 0.25) is 0 Å². The maximum absolute atomic E-state index is 12.9. The van der Waals surface area contributed by atoms with Crippen LogP contribution in [0.15, 0.2) is 36.5 Å². The molecule has 0 aliphatic carbocycles. The van der Waals surface area contributed by atoms with E-state index in [0.717, 1.165) is 11.3 Å². The third-order valence-corrected chi connectivity index (χ3v) is 3.13. The van der Waals surface area contributed by atoms with Crippen LogP contribution < -0.4 is 5.32 Å². The summed E-state index contributed by atoms with van der Waals surface area (Å²) in [4.78, 5) is 15.2. The number of aromatic carboxylic acids is 1. The highest BCUT2D eigenvalue weighted by molar-refractivity contribution is 5.93. The largest absolute Gasteiger partial charge is 0.478 e. The van der Waals surface area contributed by atoms with E-state index in [4.69, 9.17) is 5.11 Å². The van der Waals surface area contributed by atoms with Gasteiger partial charge < -0.3 is 10.4 Å². The second-order valence-electron chi connectivity index (χ2n) is 5.05. The molecule has 0 fully saturated rings. The van der Waals surface area contributed by atoms with Gasteiger partial charge in [0.05, 0.1) is 5.69 Å². The molecule has 0 saturated heterocycles. The Hall–Kier alpha value is -2.43. The molecule has 1 aromatic carbocycles. The fraction of sp³-hybridized carbons (Fsp3) is 0.250. The van der Waals surface area contributed by atoms with Crippen molar-refractivity contribution in [3.05, 3.63) is 59.2 Å². The summed E-state index contributed by atoms with van der Waals surface area (Å²) in [7, 11) is 0. The van der Waals surface area contributed by atoms with E-state index < -0.39 is 5.97 Å². The van der Waals surface area contributed by atoms with Crippen LogP contribution in [0.4, 0.5) is 10.1 Å². The molecule has 0 amide bonds. The van der Waals surface area contributed by atoms with Crippen LogP contribution in [0.5, 0.6) is 0 Å². The SMILES string of the molecule is Cc1cc(NC(C)Cc2ccc(F)cc2)c(C(=O)O)cn1. The first-order chi connectivity index (χ1) is 9.95. The summed E-state index contributed by atoms with van der Waals surface area (Å²) in [5.74, 6) is -1.28. The zero-order valence-electron chi connectivity index (χ0n) is 11.9. The van der Waals surface area contributed by atoms with Crippen molar-refractivity contribution in [2.45, 2.75) is 26.3 Å². The van der Waals surface area contributed by atoms with E-state index in [-0.39, 0.29) is 17.4 Å². The number of carbonyl (C=O) groups is 1. The van der Waals surface area contributed by atoms with Gasteiger partial charge in [-0.1, -0.05) is 12.1 Å². The van der Waals surface area contributed by atoms with Gasteiger partial charge in [0.2, 0.25) is 0 Å². The lowest BCUT2D eigenvalue weighted by Crippen LogP contribution is -2.20. The Morgan fingerprint density at radius 1 is 1.38 bits per heavy atom. The highest BCUT2D eigenvalue weighted by Gasteiger charge is 2.13. The van der Waals surface area contributed by atoms with E-state index in [1.54, 1.807) is 25.1 Å². The molecular formula is C16H17FN2O2. The number of anilines is 1. The van der Waals surface area contributed by atoms with E-state index in [2.05, 4.69) is 10.3 Å². The molecule has 2 rings (SSSR count). The van der Waals surface area contributed by atoms with Crippen LogP contribution in [0.3, 0.4) is 0 Å². The van der Waals surface area contributed by atoms with Gasteiger partial charge in [0.1, 0.15) is 11.4 Å². The van der Waals surface area contributed by atoms with Gasteiger partial charge in [-0.05, 0) is 44.0 Å². The lowest BCUT2D eigenvalue weighted by Gasteiger charge is -2.17. The number of rotatable bonds is 5. The number of aromatic nitrogens is 1. The molecule has 0 radical (unpaired) electrons. The number of aryl methyl sites for hydroxylation is 1. The minimum atomic E-state index is -1.01. The van der Waals surface area contributed by atoms with Crippen LogP contribution in [0, 0.1) is 12.7 Å². The molecule has 0 aliphatic heterocycles. The third-order valence-electron chi connectivity index (χ3n) is 3.13. The summed E-state index contributed by atoms with van der Waals surface area (Å²) in [6.45, 7) is 3.76. The molecule has 0 spiro atoms. The second kappa shape index (κ2) is 6.35. The van der Waals surface area contributed by atoms with Gasteiger partial charge in [-0.2, -0.15) is 0 Å². The number of benzene rings is 1. The molecule has 4 nitrogen and oxygen atoms in total. The van der Waals surface area contributed by atoms with Gasteiger partial charge in [-0.25, -0.2) is 9.18 Å². The molecule has 21 heavy (non-hydrogen) atoms. The number of halogens is 1. The van der Waals surface area contributed by atoms with Crippen molar-refractivity contribution in [2.24, 2.45) is 0 Å². The topological polar surface area (TPSA) is 62.2 Å². The maximum atomic E-state index is 12.9. The first-order valence-electron chi connectivity index (χ1n) is 6.66. The first kappa shape index (κ1) is 15.0. The summed E-state index contributed by atoms with van der Waals surface area (Å²) < 4.78 is 12.9. The average Bonchev–Trinajstić information content (AvgIpc) is 2.41. The summed E-state index contributed by atoms with van der Waals surface area (Å²) in [5.41, 5.74) is 2.42. The minimum absolute atomic E-state index is 0.00959. The van der Waals surface area contributed by atoms with Crippen LogP contribution in [0.1, 0.15) is 28.5 Å². The van der Waals surface area contributed by atoms with E-state index >= 15 is 0 Å². The first-order valence-corrected chi connectivity index (χ1v) is 6.66. The highest BCUT2D eigenvalue weighted by atomic mass is 19.1. The highest BCUT2D eigenvalue weighted by Crippen LogP contribution is 2.18. The van der Waals surface area contributed by atoms with Gasteiger partial charge in [0.15, 0.2) is 0 Å². The van der Waals surface area contributed by atoms with Gasteiger partial charge >= 0.3 is 5.97 Å². The molecule has 5 heteroatoms. The molecule has 0 saturated carbocycles. The Balaban J connectivity index is 2.12. The Morgan fingerprint density at radius 3 is 2.67 bits per heavy atom. The molecule has 0 aliphatic rings. The van der Waals surface area contributed by atoms with Gasteiger partial charge in [0, 0.05) is 17.9 Å². The predicted molar refractivity (Wildman–Crippen MR) is 79.1 cm³/mol. The van der Waals surface area contributed by atoms with Crippen LogP contribution >= 0.6 is 0 Å². The zero-order chi connectivity index (χ0) is 15.4. The van der Waals surface area contributed by atoms with E-state index in [1.807, 2.05) is 6.92 Å². The molecule has 0 bridgehead atoms. The van der Waals surface area contributed by atoms with Gasteiger partial charge in [-0.3, -0.25) is 4.98 Å². The number of hydrogen-bond acceptors (Lipinski definition) is 3. The van der Waals surface area contributed by atoms with Crippen molar-refractivity contribution >= 4 is 11.7 Å². The Kier molecular flexibility index (Phi) is 4.52. The summed E-state index contributed by atoms with van der Waals surface area (Å²) in [6, 6.07) is 8.01. The molecule has 110 valence electrons. The number of carboxylic acid groups (broad SMARTS) is 1.